The molecule has 2 heterocycles. The summed E-state index contributed by atoms with van der Waals surface area (Å²) in [6.45, 7) is 0.764. The third-order valence-corrected chi connectivity index (χ3v) is 6.31. The second-order valence-corrected chi connectivity index (χ2v) is 8.27. The van der Waals surface area contributed by atoms with E-state index in [-0.39, 0.29) is 0 Å². The van der Waals surface area contributed by atoms with Gasteiger partial charge >= 0.3 is 5.97 Å². The number of nitrogens with zero attached hydrogens (tertiary/aromatic N) is 2. The molecular formula is C22H19N3O2S2. The molecule has 0 spiro atoms. The molecule has 0 atom stereocenters. The lowest BCUT2D eigenvalue weighted by molar-refractivity contribution is 0.0693. The van der Waals surface area contributed by atoms with Crippen molar-refractivity contribution in [1.29, 1.82) is 0 Å². The number of hydrogen-bond donors (Lipinski definition) is 2. The van der Waals surface area contributed by atoms with Gasteiger partial charge in [0.15, 0.2) is 0 Å². The summed E-state index contributed by atoms with van der Waals surface area (Å²) in [7, 11) is 0. The smallest absolute Gasteiger partial charge is 0.336 e. The van der Waals surface area contributed by atoms with Gasteiger partial charge in [0.25, 0.3) is 0 Å². The molecule has 2 N–H and O–H groups in total. The van der Waals surface area contributed by atoms with E-state index in [1.54, 1.807) is 23.5 Å². The van der Waals surface area contributed by atoms with E-state index in [4.69, 9.17) is 0 Å². The van der Waals surface area contributed by atoms with Crippen molar-refractivity contribution in [3.63, 3.8) is 0 Å². The number of carboxylic acid groups (broad SMARTS) is 1. The zero-order valence-electron chi connectivity index (χ0n) is 15.8. The van der Waals surface area contributed by atoms with Crippen LogP contribution in [0, 0.1) is 0 Å². The molecule has 29 heavy (non-hydrogen) atoms. The van der Waals surface area contributed by atoms with Crippen molar-refractivity contribution in [2.24, 2.45) is 0 Å². The molecule has 2 aromatic carbocycles. The van der Waals surface area contributed by atoms with Crippen LogP contribution in [0.15, 0.2) is 65.1 Å². The average Bonchev–Trinajstić information content (AvgIpc) is 3.21. The second-order valence-electron chi connectivity index (χ2n) is 6.48. The third kappa shape index (κ3) is 4.41. The normalized spacial score (nSPS) is 10.9. The molecule has 0 amide bonds. The molecule has 0 fully saturated rings. The van der Waals surface area contributed by atoms with E-state index < -0.39 is 5.97 Å². The molecule has 0 aliphatic carbocycles. The summed E-state index contributed by atoms with van der Waals surface area (Å²) in [4.78, 5) is 20.7. The fraction of sp³-hybridized carbons (Fsp3) is 0.136. The fourth-order valence-electron chi connectivity index (χ4n) is 3.15. The number of aromatic carboxylic acids is 1. The maximum absolute atomic E-state index is 11.3. The Hall–Kier alpha value is -2.90. The largest absolute Gasteiger partial charge is 0.478 e. The number of rotatable bonds is 7. The van der Waals surface area contributed by atoms with Crippen molar-refractivity contribution >= 4 is 45.0 Å². The second kappa shape index (κ2) is 8.63. The topological polar surface area (TPSA) is 75.1 Å². The van der Waals surface area contributed by atoms with Gasteiger partial charge in [-0.05, 0) is 53.3 Å². The molecule has 0 unspecified atom stereocenters. The van der Waals surface area contributed by atoms with Gasteiger partial charge in [-0.1, -0.05) is 18.2 Å². The van der Waals surface area contributed by atoms with Crippen LogP contribution in [0.4, 0.5) is 5.82 Å². The first-order chi connectivity index (χ1) is 14.1. The van der Waals surface area contributed by atoms with Crippen LogP contribution in [0.25, 0.3) is 21.3 Å². The Morgan fingerprint density at radius 2 is 2.03 bits per heavy atom. The lowest BCUT2D eigenvalue weighted by Gasteiger charge is -2.09. The van der Waals surface area contributed by atoms with Crippen LogP contribution in [-0.4, -0.2) is 33.8 Å². The number of anilines is 1. The Morgan fingerprint density at radius 3 is 2.86 bits per heavy atom. The van der Waals surface area contributed by atoms with Crippen LogP contribution >= 0.6 is 23.1 Å². The van der Waals surface area contributed by atoms with Gasteiger partial charge in [-0.15, -0.1) is 23.1 Å². The SMILES string of the molecule is CSc1cc(-c2cc(NCCc3ccc4sccc4c3)ncn2)ccc1C(=O)O. The van der Waals surface area contributed by atoms with Crippen molar-refractivity contribution in [1.82, 2.24) is 9.97 Å². The number of aromatic nitrogens is 2. The van der Waals surface area contributed by atoms with Crippen LogP contribution in [0.3, 0.4) is 0 Å². The molecule has 0 aliphatic rings. The highest BCUT2D eigenvalue weighted by molar-refractivity contribution is 7.98. The van der Waals surface area contributed by atoms with Gasteiger partial charge in [-0.2, -0.15) is 0 Å². The maximum Gasteiger partial charge on any atom is 0.336 e. The predicted molar refractivity (Wildman–Crippen MR) is 120 cm³/mol. The van der Waals surface area contributed by atoms with Gasteiger partial charge in [0.2, 0.25) is 0 Å². The number of carbonyl (C=O) groups is 1. The first kappa shape index (κ1) is 19.4. The van der Waals surface area contributed by atoms with Gasteiger partial charge < -0.3 is 10.4 Å². The summed E-state index contributed by atoms with van der Waals surface area (Å²) in [5.41, 5.74) is 3.21. The van der Waals surface area contributed by atoms with E-state index >= 15 is 0 Å². The van der Waals surface area contributed by atoms with Crippen LogP contribution < -0.4 is 5.32 Å². The fourth-order valence-corrected chi connectivity index (χ4v) is 4.54. The van der Waals surface area contributed by atoms with E-state index in [1.165, 1.54) is 33.7 Å². The summed E-state index contributed by atoms with van der Waals surface area (Å²) in [5.74, 6) is -0.175. The first-order valence-electron chi connectivity index (χ1n) is 9.08. The number of carboxylic acids is 1. The van der Waals surface area contributed by atoms with Crippen molar-refractivity contribution in [3.8, 4) is 11.3 Å². The zero-order chi connectivity index (χ0) is 20.2. The van der Waals surface area contributed by atoms with E-state index in [0.29, 0.717) is 10.5 Å². The Morgan fingerprint density at radius 1 is 1.14 bits per heavy atom. The summed E-state index contributed by atoms with van der Waals surface area (Å²) in [6.07, 6.45) is 4.29. The number of fused-ring (bicyclic) bond motifs is 1. The highest BCUT2D eigenvalue weighted by Gasteiger charge is 2.11. The standard InChI is InChI=1S/C22H19N3O2S2/c1-28-20-11-15(3-4-17(20)22(26)27)18-12-21(25-13-24-18)23-8-6-14-2-5-19-16(10-14)7-9-29-19/h2-5,7,9-13H,6,8H2,1H3,(H,26,27)(H,23,24,25). The van der Waals surface area contributed by atoms with E-state index in [9.17, 15) is 9.90 Å². The molecule has 0 saturated heterocycles. The minimum atomic E-state index is -0.924. The molecule has 0 radical (unpaired) electrons. The minimum absolute atomic E-state index is 0.302. The number of benzene rings is 2. The highest BCUT2D eigenvalue weighted by atomic mass is 32.2. The highest BCUT2D eigenvalue weighted by Crippen LogP contribution is 2.28. The van der Waals surface area contributed by atoms with Crippen molar-refractivity contribution in [3.05, 3.63) is 71.4 Å². The number of hydrogen-bond acceptors (Lipinski definition) is 6. The van der Waals surface area contributed by atoms with Gasteiger partial charge in [-0.3, -0.25) is 0 Å². The molecule has 146 valence electrons. The van der Waals surface area contributed by atoms with Crippen LogP contribution in [-0.2, 0) is 6.42 Å². The van der Waals surface area contributed by atoms with E-state index in [1.807, 2.05) is 18.4 Å². The quantitative estimate of drug-likeness (QED) is 0.387. The van der Waals surface area contributed by atoms with Crippen LogP contribution in [0.1, 0.15) is 15.9 Å². The van der Waals surface area contributed by atoms with Crippen LogP contribution in [0.5, 0.6) is 0 Å². The first-order valence-corrected chi connectivity index (χ1v) is 11.2. The van der Waals surface area contributed by atoms with E-state index in [0.717, 1.165) is 30.0 Å². The Balaban J connectivity index is 1.46. The Bertz CT molecular complexity index is 1170. The number of thiophene rings is 1. The van der Waals surface area contributed by atoms with E-state index in [2.05, 4.69) is 44.9 Å². The minimum Gasteiger partial charge on any atom is -0.478 e. The summed E-state index contributed by atoms with van der Waals surface area (Å²) in [5, 5.41) is 16.0. The predicted octanol–water partition coefficient (Wildman–Crippen LogP) is 5.43. The van der Waals surface area contributed by atoms with Gasteiger partial charge in [0.1, 0.15) is 12.1 Å². The molecule has 4 rings (SSSR count). The third-order valence-electron chi connectivity index (χ3n) is 4.63. The van der Waals surface area contributed by atoms with Crippen molar-refractivity contribution in [2.75, 3.05) is 18.1 Å². The van der Waals surface area contributed by atoms with Crippen molar-refractivity contribution < 1.29 is 9.90 Å². The Labute approximate surface area is 176 Å². The molecule has 7 heteroatoms. The van der Waals surface area contributed by atoms with Crippen LogP contribution in [0.2, 0.25) is 0 Å². The van der Waals surface area contributed by atoms with Gasteiger partial charge in [0.05, 0.1) is 11.3 Å². The molecular weight excluding hydrogens is 402 g/mol. The monoisotopic (exact) mass is 421 g/mol. The average molecular weight is 422 g/mol. The molecule has 0 bridgehead atoms. The molecule has 0 saturated carbocycles. The zero-order valence-corrected chi connectivity index (χ0v) is 17.4. The number of thioether (sulfide) groups is 1. The molecule has 2 aromatic heterocycles. The molecule has 0 aliphatic heterocycles. The molecule has 5 nitrogen and oxygen atoms in total. The van der Waals surface area contributed by atoms with Gasteiger partial charge in [-0.25, -0.2) is 14.8 Å². The summed E-state index contributed by atoms with van der Waals surface area (Å²) in [6, 6.07) is 15.9. The number of nitrogens with one attached hydrogen (secondary N) is 1. The molecule has 4 aromatic rings. The lowest BCUT2D eigenvalue weighted by atomic mass is 10.1. The lowest BCUT2D eigenvalue weighted by Crippen LogP contribution is -2.06. The van der Waals surface area contributed by atoms with Gasteiger partial charge in [0, 0.05) is 27.8 Å². The maximum atomic E-state index is 11.3. The van der Waals surface area contributed by atoms with Crippen molar-refractivity contribution in [2.45, 2.75) is 11.3 Å². The summed E-state index contributed by atoms with van der Waals surface area (Å²) < 4.78 is 1.31. The Kier molecular flexibility index (Phi) is 5.78. The summed E-state index contributed by atoms with van der Waals surface area (Å²) >= 11 is 3.17.